The molecule has 0 fully saturated rings. The molecule has 1 heterocycles. The van der Waals surface area contributed by atoms with Crippen LogP contribution in [0.5, 0.6) is 0 Å². The Balaban J connectivity index is 3.14. The van der Waals surface area contributed by atoms with Crippen molar-refractivity contribution in [3.05, 3.63) is 22.6 Å². The number of nitrogens with two attached hydrogens (primary N) is 1. The van der Waals surface area contributed by atoms with Crippen LogP contribution in [-0.2, 0) is 5.85 Å². The van der Waals surface area contributed by atoms with Gasteiger partial charge in [0.25, 0.3) is 5.85 Å². The van der Waals surface area contributed by atoms with E-state index in [1.807, 2.05) is 0 Å². The lowest BCUT2D eigenvalue weighted by atomic mass is 10.3. The summed E-state index contributed by atoms with van der Waals surface area (Å²) in [6, 6.07) is 0. The third kappa shape index (κ3) is 1.65. The van der Waals surface area contributed by atoms with Crippen molar-refractivity contribution >= 4 is 5.82 Å². The van der Waals surface area contributed by atoms with E-state index in [4.69, 9.17) is 5.73 Å². The quantitative estimate of drug-likeness (QED) is 0.385. The fourth-order valence-electron chi connectivity index (χ4n) is 0.892. The van der Waals surface area contributed by atoms with E-state index in [1.165, 1.54) is 0 Å². The molecule has 1 atom stereocenters. The Kier molecular flexibility index (Phi) is 2.30. The Morgan fingerprint density at radius 2 is 2.54 bits per heavy atom. The molecule has 7 heteroatoms. The van der Waals surface area contributed by atoms with Gasteiger partial charge in [0.2, 0.25) is 0 Å². The highest BCUT2D eigenvalue weighted by molar-refractivity contribution is 5.16. The SMILES string of the molecule is CCC(N)(O)n1cncc1[N+](=O)[O-]. The summed E-state index contributed by atoms with van der Waals surface area (Å²) < 4.78 is 0.924. The first kappa shape index (κ1) is 9.62. The Morgan fingerprint density at radius 3 is 3.00 bits per heavy atom. The van der Waals surface area contributed by atoms with Crippen LogP contribution in [0.4, 0.5) is 5.82 Å². The van der Waals surface area contributed by atoms with E-state index in [-0.39, 0.29) is 12.2 Å². The second-order valence-corrected chi connectivity index (χ2v) is 2.61. The smallest absolute Gasteiger partial charge is 0.346 e. The predicted molar refractivity (Wildman–Crippen MR) is 43.6 cm³/mol. The Morgan fingerprint density at radius 1 is 1.92 bits per heavy atom. The maximum Gasteiger partial charge on any atom is 0.346 e. The molecule has 0 bridgehead atoms. The molecule has 0 spiro atoms. The molecule has 0 aliphatic heterocycles. The van der Waals surface area contributed by atoms with Crippen LogP contribution in [0.15, 0.2) is 12.5 Å². The Hall–Kier alpha value is -1.47. The molecule has 0 aliphatic rings. The van der Waals surface area contributed by atoms with Crippen molar-refractivity contribution in [2.24, 2.45) is 5.73 Å². The Bertz CT molecular complexity index is 319. The summed E-state index contributed by atoms with van der Waals surface area (Å²) in [5.41, 5.74) is 5.39. The van der Waals surface area contributed by atoms with Gasteiger partial charge in [0.05, 0.1) is 0 Å². The molecule has 7 nitrogen and oxygen atoms in total. The standard InChI is InChI=1S/C6H10N4O3/c1-2-6(7,11)9-4-8-3-5(9)10(12)13/h3-4,11H,2,7H2,1H3. The summed E-state index contributed by atoms with van der Waals surface area (Å²) in [5, 5.41) is 19.9. The van der Waals surface area contributed by atoms with Gasteiger partial charge in [0, 0.05) is 6.42 Å². The first-order chi connectivity index (χ1) is 5.99. The van der Waals surface area contributed by atoms with Gasteiger partial charge in [0.1, 0.15) is 6.20 Å². The van der Waals surface area contributed by atoms with Crippen LogP contribution in [0.25, 0.3) is 0 Å². The zero-order valence-electron chi connectivity index (χ0n) is 7.04. The van der Waals surface area contributed by atoms with Crippen molar-refractivity contribution in [1.29, 1.82) is 0 Å². The minimum atomic E-state index is -1.75. The monoisotopic (exact) mass is 186 g/mol. The lowest BCUT2D eigenvalue weighted by molar-refractivity contribution is -0.395. The third-order valence-corrected chi connectivity index (χ3v) is 1.74. The number of hydrogen-bond acceptors (Lipinski definition) is 5. The highest BCUT2D eigenvalue weighted by Gasteiger charge is 2.31. The summed E-state index contributed by atoms with van der Waals surface area (Å²) in [6.45, 7) is 1.61. The van der Waals surface area contributed by atoms with E-state index in [2.05, 4.69) is 4.98 Å². The number of aromatic nitrogens is 2. The molecule has 0 radical (unpaired) electrons. The van der Waals surface area contributed by atoms with Crippen molar-refractivity contribution in [1.82, 2.24) is 9.55 Å². The van der Waals surface area contributed by atoms with Crippen LogP contribution in [0.1, 0.15) is 13.3 Å². The third-order valence-electron chi connectivity index (χ3n) is 1.74. The average Bonchev–Trinajstić information content (AvgIpc) is 2.52. The zero-order chi connectivity index (χ0) is 10.1. The molecular formula is C6H10N4O3. The van der Waals surface area contributed by atoms with Crippen LogP contribution >= 0.6 is 0 Å². The normalized spacial score (nSPS) is 15.3. The molecule has 72 valence electrons. The van der Waals surface area contributed by atoms with Crippen LogP contribution < -0.4 is 5.73 Å². The van der Waals surface area contributed by atoms with Gasteiger partial charge in [0.15, 0.2) is 6.33 Å². The molecule has 0 aliphatic carbocycles. The molecule has 13 heavy (non-hydrogen) atoms. The number of nitro groups is 1. The maximum absolute atomic E-state index is 10.4. The molecule has 1 aromatic rings. The Labute approximate surface area is 74.0 Å². The minimum Gasteiger partial charge on any atom is -0.358 e. The molecule has 0 saturated carbocycles. The van der Waals surface area contributed by atoms with Crippen molar-refractivity contribution in [3.63, 3.8) is 0 Å². The van der Waals surface area contributed by atoms with Gasteiger partial charge in [-0.1, -0.05) is 6.92 Å². The molecule has 1 rings (SSSR count). The molecule has 3 N–H and O–H groups in total. The van der Waals surface area contributed by atoms with Gasteiger partial charge in [-0.15, -0.1) is 0 Å². The highest BCUT2D eigenvalue weighted by Crippen LogP contribution is 2.18. The first-order valence-electron chi connectivity index (χ1n) is 3.67. The van der Waals surface area contributed by atoms with E-state index in [9.17, 15) is 15.2 Å². The highest BCUT2D eigenvalue weighted by atomic mass is 16.6. The fraction of sp³-hybridized carbons (Fsp3) is 0.500. The number of nitrogens with zero attached hydrogens (tertiary/aromatic N) is 3. The molecule has 0 saturated heterocycles. The number of rotatable bonds is 3. The van der Waals surface area contributed by atoms with E-state index in [0.717, 1.165) is 17.1 Å². The lowest BCUT2D eigenvalue weighted by Gasteiger charge is -2.17. The van der Waals surface area contributed by atoms with Crippen molar-refractivity contribution in [2.45, 2.75) is 19.2 Å². The topological polar surface area (TPSA) is 107 Å². The second kappa shape index (κ2) is 3.11. The zero-order valence-corrected chi connectivity index (χ0v) is 7.04. The van der Waals surface area contributed by atoms with Gasteiger partial charge < -0.3 is 15.2 Å². The van der Waals surface area contributed by atoms with Crippen LogP contribution in [0, 0.1) is 10.1 Å². The summed E-state index contributed by atoms with van der Waals surface area (Å²) in [4.78, 5) is 13.3. The number of imidazole rings is 1. The number of hydrogen-bond donors (Lipinski definition) is 2. The summed E-state index contributed by atoms with van der Waals surface area (Å²) in [5.74, 6) is -2.08. The van der Waals surface area contributed by atoms with E-state index >= 15 is 0 Å². The molecule has 1 aromatic heterocycles. The molecule has 0 amide bonds. The van der Waals surface area contributed by atoms with Gasteiger partial charge in [-0.2, -0.15) is 4.57 Å². The van der Waals surface area contributed by atoms with Crippen LogP contribution in [-0.4, -0.2) is 19.6 Å². The molecule has 0 aromatic carbocycles. The average molecular weight is 186 g/mol. The van der Waals surface area contributed by atoms with Gasteiger partial charge >= 0.3 is 5.82 Å². The fourth-order valence-corrected chi connectivity index (χ4v) is 0.892. The second-order valence-electron chi connectivity index (χ2n) is 2.61. The summed E-state index contributed by atoms with van der Waals surface area (Å²) >= 11 is 0. The largest absolute Gasteiger partial charge is 0.358 e. The van der Waals surface area contributed by atoms with Crippen molar-refractivity contribution in [2.75, 3.05) is 0 Å². The van der Waals surface area contributed by atoms with Crippen LogP contribution in [0.3, 0.4) is 0 Å². The van der Waals surface area contributed by atoms with E-state index in [1.54, 1.807) is 6.92 Å². The predicted octanol–water partition coefficient (Wildman–Crippen LogP) is -0.237. The van der Waals surface area contributed by atoms with Crippen LogP contribution in [0.2, 0.25) is 0 Å². The maximum atomic E-state index is 10.4. The summed E-state index contributed by atoms with van der Waals surface area (Å²) in [6.07, 6.45) is 2.32. The van der Waals surface area contributed by atoms with Crippen molar-refractivity contribution < 1.29 is 10.0 Å². The number of aliphatic hydroxyl groups is 1. The van der Waals surface area contributed by atoms with Crippen molar-refractivity contribution in [3.8, 4) is 0 Å². The minimum absolute atomic E-state index is 0.157. The van der Waals surface area contributed by atoms with E-state index in [0.29, 0.717) is 0 Å². The lowest BCUT2D eigenvalue weighted by Crippen LogP contribution is -2.42. The molecular weight excluding hydrogens is 176 g/mol. The van der Waals surface area contributed by atoms with Gasteiger partial charge in [-0.25, -0.2) is 4.98 Å². The van der Waals surface area contributed by atoms with Gasteiger partial charge in [-0.3, -0.25) is 5.73 Å². The first-order valence-corrected chi connectivity index (χ1v) is 3.67. The van der Waals surface area contributed by atoms with Gasteiger partial charge in [-0.05, 0) is 4.92 Å². The van der Waals surface area contributed by atoms with E-state index < -0.39 is 10.8 Å². The summed E-state index contributed by atoms with van der Waals surface area (Å²) in [7, 11) is 0. The molecule has 1 unspecified atom stereocenters.